The van der Waals surface area contributed by atoms with E-state index in [9.17, 15) is 19.1 Å². The van der Waals surface area contributed by atoms with Gasteiger partial charge in [-0.2, -0.15) is 5.10 Å². The van der Waals surface area contributed by atoms with E-state index in [1.54, 1.807) is 36.4 Å². The van der Waals surface area contributed by atoms with Crippen LogP contribution in [0.1, 0.15) is 26.3 Å². The summed E-state index contributed by atoms with van der Waals surface area (Å²) in [4.78, 5) is 24.7. The van der Waals surface area contributed by atoms with E-state index in [0.29, 0.717) is 11.3 Å². The van der Waals surface area contributed by atoms with Crippen LogP contribution >= 0.6 is 0 Å². The summed E-state index contributed by atoms with van der Waals surface area (Å²) in [5, 5.41) is 15.9. The molecule has 0 aliphatic heterocycles. The first-order valence-electron chi connectivity index (χ1n) is 8.31. The van der Waals surface area contributed by atoms with Gasteiger partial charge in [0.05, 0.1) is 17.5 Å². The highest BCUT2D eigenvalue weighted by Crippen LogP contribution is 2.16. The van der Waals surface area contributed by atoms with Crippen LogP contribution in [0.25, 0.3) is 0 Å². The number of nitrogens with one attached hydrogen (secondary N) is 2. The first-order valence-corrected chi connectivity index (χ1v) is 8.31. The summed E-state index contributed by atoms with van der Waals surface area (Å²) >= 11 is 0. The maximum Gasteiger partial charge on any atom is 0.273 e. The van der Waals surface area contributed by atoms with Crippen LogP contribution in [0.5, 0.6) is 5.75 Å². The third kappa shape index (κ3) is 4.79. The van der Waals surface area contributed by atoms with Crippen molar-refractivity contribution in [3.05, 3.63) is 95.3 Å². The Kier molecular flexibility index (Phi) is 5.76. The first kappa shape index (κ1) is 18.8. The SMILES string of the molecule is O=C(Nc1ccccc1C(=O)N/N=C/c1cccc(O)c1)c1ccc(F)cc1. The summed E-state index contributed by atoms with van der Waals surface area (Å²) in [5.74, 6) is -1.35. The minimum atomic E-state index is -0.522. The molecule has 0 saturated heterocycles. The predicted octanol–water partition coefficient (Wildman–Crippen LogP) is 3.55. The van der Waals surface area contributed by atoms with Gasteiger partial charge in [0.1, 0.15) is 11.6 Å². The van der Waals surface area contributed by atoms with Crippen LogP contribution in [0.2, 0.25) is 0 Å². The van der Waals surface area contributed by atoms with E-state index in [0.717, 1.165) is 0 Å². The number of phenolic OH excluding ortho intramolecular Hbond substituents is 1. The number of hydrogen-bond donors (Lipinski definition) is 3. The monoisotopic (exact) mass is 377 g/mol. The Balaban J connectivity index is 1.71. The van der Waals surface area contributed by atoms with Gasteiger partial charge in [0.25, 0.3) is 11.8 Å². The minimum absolute atomic E-state index is 0.0872. The number of phenols is 1. The lowest BCUT2D eigenvalue weighted by Crippen LogP contribution is -2.21. The molecule has 0 fully saturated rings. The van der Waals surface area contributed by atoms with Crippen molar-refractivity contribution in [1.29, 1.82) is 0 Å². The number of halogens is 1. The third-order valence-corrected chi connectivity index (χ3v) is 3.78. The molecule has 0 aromatic heterocycles. The predicted molar refractivity (Wildman–Crippen MR) is 104 cm³/mol. The van der Waals surface area contributed by atoms with E-state index in [1.165, 1.54) is 42.6 Å². The van der Waals surface area contributed by atoms with Crippen LogP contribution in [0.4, 0.5) is 10.1 Å². The van der Waals surface area contributed by atoms with E-state index >= 15 is 0 Å². The van der Waals surface area contributed by atoms with Crippen molar-refractivity contribution in [2.75, 3.05) is 5.32 Å². The largest absolute Gasteiger partial charge is 0.508 e. The van der Waals surface area contributed by atoms with Crippen LogP contribution < -0.4 is 10.7 Å². The molecule has 3 aromatic carbocycles. The standard InChI is InChI=1S/C21H16FN3O3/c22-16-10-8-15(9-11-16)20(27)24-19-7-2-1-6-18(19)21(28)25-23-13-14-4-3-5-17(26)12-14/h1-13,26H,(H,24,27)(H,25,28)/b23-13+. The van der Waals surface area contributed by atoms with Crippen molar-refractivity contribution in [2.45, 2.75) is 0 Å². The Morgan fingerprint density at radius 2 is 1.68 bits per heavy atom. The summed E-state index contributed by atoms with van der Waals surface area (Å²) in [6, 6.07) is 17.9. The molecule has 6 nitrogen and oxygen atoms in total. The van der Waals surface area contributed by atoms with Gasteiger partial charge in [-0.15, -0.1) is 0 Å². The maximum atomic E-state index is 13.0. The van der Waals surface area contributed by atoms with Gasteiger partial charge in [0, 0.05) is 5.56 Å². The number of benzene rings is 3. The number of rotatable bonds is 5. The molecule has 0 bridgehead atoms. The normalized spacial score (nSPS) is 10.6. The molecule has 28 heavy (non-hydrogen) atoms. The second-order valence-electron chi connectivity index (χ2n) is 5.80. The minimum Gasteiger partial charge on any atom is -0.508 e. The van der Waals surface area contributed by atoms with E-state index < -0.39 is 17.6 Å². The molecule has 140 valence electrons. The summed E-state index contributed by atoms with van der Waals surface area (Å²) in [6.07, 6.45) is 1.39. The molecule has 3 N–H and O–H groups in total. The van der Waals surface area contributed by atoms with E-state index in [-0.39, 0.29) is 16.9 Å². The Bertz CT molecular complexity index is 1030. The maximum absolute atomic E-state index is 13.0. The summed E-state index contributed by atoms with van der Waals surface area (Å²) in [6.45, 7) is 0. The average molecular weight is 377 g/mol. The summed E-state index contributed by atoms with van der Waals surface area (Å²) in [5.41, 5.74) is 3.76. The highest BCUT2D eigenvalue weighted by Gasteiger charge is 2.13. The lowest BCUT2D eigenvalue weighted by molar-refractivity contribution is 0.0956. The van der Waals surface area contributed by atoms with Crippen LogP contribution in [0.15, 0.2) is 77.9 Å². The first-order chi connectivity index (χ1) is 13.5. The molecule has 0 heterocycles. The smallest absolute Gasteiger partial charge is 0.273 e. The average Bonchev–Trinajstić information content (AvgIpc) is 2.69. The van der Waals surface area contributed by atoms with Crippen LogP contribution in [0, 0.1) is 5.82 Å². The van der Waals surface area contributed by atoms with Crippen molar-refractivity contribution in [1.82, 2.24) is 5.43 Å². The second kappa shape index (κ2) is 8.59. The molecular weight excluding hydrogens is 361 g/mol. The molecule has 0 radical (unpaired) electrons. The van der Waals surface area contributed by atoms with Gasteiger partial charge in [-0.05, 0) is 54.1 Å². The van der Waals surface area contributed by atoms with Gasteiger partial charge >= 0.3 is 0 Å². The lowest BCUT2D eigenvalue weighted by Gasteiger charge is -2.10. The molecule has 0 spiro atoms. The van der Waals surface area contributed by atoms with Crippen molar-refractivity contribution < 1.29 is 19.1 Å². The van der Waals surface area contributed by atoms with E-state index in [2.05, 4.69) is 15.8 Å². The van der Waals surface area contributed by atoms with Gasteiger partial charge in [-0.3, -0.25) is 9.59 Å². The zero-order valence-corrected chi connectivity index (χ0v) is 14.6. The number of hydrazone groups is 1. The van der Waals surface area contributed by atoms with Gasteiger partial charge in [0.2, 0.25) is 0 Å². The van der Waals surface area contributed by atoms with Crippen molar-refractivity contribution in [2.24, 2.45) is 5.10 Å². The van der Waals surface area contributed by atoms with Gasteiger partial charge in [-0.1, -0.05) is 24.3 Å². The number of hydrogen-bond acceptors (Lipinski definition) is 4. The molecule has 2 amide bonds. The fourth-order valence-electron chi connectivity index (χ4n) is 2.42. The molecule has 0 aliphatic rings. The number of para-hydroxylation sites is 1. The van der Waals surface area contributed by atoms with E-state index in [1.807, 2.05) is 0 Å². The lowest BCUT2D eigenvalue weighted by atomic mass is 10.1. The summed E-state index contributed by atoms with van der Waals surface area (Å²) < 4.78 is 13.0. The molecule has 3 aromatic rings. The Morgan fingerprint density at radius 3 is 2.43 bits per heavy atom. The quantitative estimate of drug-likeness (QED) is 0.469. The molecule has 7 heteroatoms. The fourth-order valence-corrected chi connectivity index (χ4v) is 2.42. The zero-order chi connectivity index (χ0) is 19.9. The highest BCUT2D eigenvalue weighted by molar-refractivity contribution is 6.09. The number of aromatic hydroxyl groups is 1. The number of nitrogens with zero attached hydrogens (tertiary/aromatic N) is 1. The van der Waals surface area contributed by atoms with Gasteiger partial charge in [0.15, 0.2) is 0 Å². The highest BCUT2D eigenvalue weighted by atomic mass is 19.1. The Labute approximate surface area is 160 Å². The zero-order valence-electron chi connectivity index (χ0n) is 14.6. The molecule has 0 saturated carbocycles. The van der Waals surface area contributed by atoms with Crippen molar-refractivity contribution >= 4 is 23.7 Å². The van der Waals surface area contributed by atoms with Gasteiger partial charge < -0.3 is 10.4 Å². The number of anilines is 1. The fraction of sp³-hybridized carbons (Fsp3) is 0. The Morgan fingerprint density at radius 1 is 0.929 bits per heavy atom. The van der Waals surface area contributed by atoms with E-state index in [4.69, 9.17) is 0 Å². The third-order valence-electron chi connectivity index (χ3n) is 3.78. The van der Waals surface area contributed by atoms with Gasteiger partial charge in [-0.25, -0.2) is 9.82 Å². The number of carbonyl (C=O) groups excluding carboxylic acids is 2. The molecule has 0 unspecified atom stereocenters. The molecule has 0 atom stereocenters. The molecule has 0 aliphatic carbocycles. The molecular formula is C21H16FN3O3. The van der Waals surface area contributed by atoms with Crippen LogP contribution in [-0.4, -0.2) is 23.1 Å². The topological polar surface area (TPSA) is 90.8 Å². The second-order valence-corrected chi connectivity index (χ2v) is 5.80. The van der Waals surface area contributed by atoms with Crippen LogP contribution in [-0.2, 0) is 0 Å². The summed E-state index contributed by atoms with van der Waals surface area (Å²) in [7, 11) is 0. The molecule has 3 rings (SSSR count). The van der Waals surface area contributed by atoms with Crippen LogP contribution in [0.3, 0.4) is 0 Å². The Hall–Kier alpha value is -4.00. The number of amides is 2. The van der Waals surface area contributed by atoms with Crippen molar-refractivity contribution in [3.8, 4) is 5.75 Å². The van der Waals surface area contributed by atoms with Crippen molar-refractivity contribution in [3.63, 3.8) is 0 Å². The number of carbonyl (C=O) groups is 2.